The number of ether oxygens (including phenoxy) is 1. The maximum atomic E-state index is 12.7. The summed E-state index contributed by atoms with van der Waals surface area (Å²) in [5.74, 6) is 1.00. The maximum absolute atomic E-state index is 12.7. The number of hydrogen-bond donors (Lipinski definition) is 2. The third-order valence-electron chi connectivity index (χ3n) is 5.12. The Hall–Kier alpha value is -1.41. The number of alkyl halides is 2. The van der Waals surface area contributed by atoms with Gasteiger partial charge < -0.3 is 20.3 Å². The summed E-state index contributed by atoms with van der Waals surface area (Å²) in [6.45, 7) is 2.39. The zero-order valence-electron chi connectivity index (χ0n) is 17.5. The Bertz CT molecular complexity index is 844. The summed E-state index contributed by atoms with van der Waals surface area (Å²) in [5.41, 5.74) is 0.642. The van der Waals surface area contributed by atoms with Crippen molar-refractivity contribution in [3.05, 3.63) is 24.3 Å². The number of hydrogen-bond acceptors (Lipinski definition) is 5. The number of nitrogens with one attached hydrogen (secondary N) is 2. The summed E-state index contributed by atoms with van der Waals surface area (Å²) in [7, 11) is -3.12. The molecule has 1 unspecified atom stereocenters. The predicted octanol–water partition coefficient (Wildman–Crippen LogP) is 2.08. The molecule has 1 aromatic rings. The first-order valence-electron chi connectivity index (χ1n) is 10.2. The van der Waals surface area contributed by atoms with Crippen LogP contribution in [0.15, 0.2) is 29.3 Å². The fraction of sp³-hybridized carbons (Fsp3) is 0.632. The van der Waals surface area contributed by atoms with Crippen LogP contribution in [0.2, 0.25) is 0 Å². The van der Waals surface area contributed by atoms with Crippen molar-refractivity contribution in [1.29, 1.82) is 0 Å². The van der Waals surface area contributed by atoms with E-state index in [0.29, 0.717) is 57.3 Å². The monoisotopic (exact) mass is 573 g/mol. The van der Waals surface area contributed by atoms with Crippen LogP contribution in [-0.2, 0) is 10.0 Å². The van der Waals surface area contributed by atoms with E-state index >= 15 is 0 Å². The molecule has 2 fully saturated rings. The summed E-state index contributed by atoms with van der Waals surface area (Å²) in [4.78, 5) is 6.52. The van der Waals surface area contributed by atoms with Crippen molar-refractivity contribution >= 4 is 45.6 Å². The topological polar surface area (TPSA) is 86.3 Å². The molecule has 0 radical (unpaired) electrons. The number of nitrogens with zero attached hydrogens (tertiary/aromatic N) is 3. The van der Waals surface area contributed by atoms with Gasteiger partial charge in [0.1, 0.15) is 5.75 Å². The second-order valence-electron chi connectivity index (χ2n) is 7.25. The van der Waals surface area contributed by atoms with E-state index in [0.717, 1.165) is 6.42 Å². The van der Waals surface area contributed by atoms with E-state index in [9.17, 15) is 17.2 Å². The molecule has 2 heterocycles. The standard InChI is InChI=1S/C19H29F2N5O3S.HI/c1-2-22-19(23-9-12-26-10-5-13-30(26,27)28)24-15-8-11-25(14-15)16-6-3-4-7-17(16)29-18(20)21;/h3-4,6-7,15,18H,2,5,8-14H2,1H3,(H2,22,23,24);1H. The molecule has 2 saturated heterocycles. The van der Waals surface area contributed by atoms with Gasteiger partial charge in [-0.2, -0.15) is 8.78 Å². The Morgan fingerprint density at radius 2 is 2.10 bits per heavy atom. The summed E-state index contributed by atoms with van der Waals surface area (Å²) in [6, 6.07) is 6.87. The van der Waals surface area contributed by atoms with E-state index < -0.39 is 16.6 Å². The molecule has 0 saturated carbocycles. The van der Waals surface area contributed by atoms with Gasteiger partial charge in [-0.3, -0.25) is 4.99 Å². The molecule has 12 heteroatoms. The third kappa shape index (κ3) is 7.31. The Labute approximate surface area is 199 Å². The zero-order chi connectivity index (χ0) is 21.6. The molecule has 0 amide bonds. The van der Waals surface area contributed by atoms with E-state index in [1.807, 2.05) is 11.8 Å². The van der Waals surface area contributed by atoms with Gasteiger partial charge in [0, 0.05) is 38.8 Å². The first kappa shape index (κ1) is 25.8. The smallest absolute Gasteiger partial charge is 0.387 e. The lowest BCUT2D eigenvalue weighted by atomic mass is 10.2. The van der Waals surface area contributed by atoms with Gasteiger partial charge in [0.15, 0.2) is 5.96 Å². The van der Waals surface area contributed by atoms with Crippen molar-refractivity contribution in [2.24, 2.45) is 4.99 Å². The fourth-order valence-corrected chi connectivity index (χ4v) is 5.26. The minimum atomic E-state index is -3.12. The summed E-state index contributed by atoms with van der Waals surface area (Å²) >= 11 is 0. The van der Waals surface area contributed by atoms with Gasteiger partial charge in [-0.05, 0) is 31.9 Å². The van der Waals surface area contributed by atoms with Gasteiger partial charge in [-0.15, -0.1) is 24.0 Å². The average molecular weight is 573 g/mol. The normalized spacial score (nSPS) is 21.2. The van der Waals surface area contributed by atoms with E-state index in [1.54, 1.807) is 24.3 Å². The van der Waals surface area contributed by atoms with E-state index in [-0.39, 0.29) is 41.5 Å². The van der Waals surface area contributed by atoms with Crippen molar-refractivity contribution in [3.63, 3.8) is 0 Å². The molecule has 8 nitrogen and oxygen atoms in total. The molecule has 0 bridgehead atoms. The van der Waals surface area contributed by atoms with Gasteiger partial charge in [0.05, 0.1) is 18.0 Å². The van der Waals surface area contributed by atoms with Crippen LogP contribution in [0.5, 0.6) is 5.75 Å². The van der Waals surface area contributed by atoms with Gasteiger partial charge >= 0.3 is 6.61 Å². The van der Waals surface area contributed by atoms with Gasteiger partial charge in [-0.1, -0.05) is 12.1 Å². The molecule has 0 aliphatic carbocycles. The lowest BCUT2D eigenvalue weighted by molar-refractivity contribution is -0.0495. The molecule has 2 aliphatic heterocycles. The third-order valence-corrected chi connectivity index (χ3v) is 7.07. The highest BCUT2D eigenvalue weighted by Gasteiger charge is 2.28. The first-order valence-corrected chi connectivity index (χ1v) is 11.8. The molecule has 2 N–H and O–H groups in total. The molecule has 176 valence electrons. The molecule has 3 rings (SSSR count). The quantitative estimate of drug-likeness (QED) is 0.282. The maximum Gasteiger partial charge on any atom is 0.387 e. The average Bonchev–Trinajstić information content (AvgIpc) is 3.28. The minimum absolute atomic E-state index is 0. The Balaban J connectivity index is 0.00000341. The zero-order valence-corrected chi connectivity index (χ0v) is 20.6. The number of para-hydroxylation sites is 2. The van der Waals surface area contributed by atoms with Crippen molar-refractivity contribution in [2.45, 2.75) is 32.4 Å². The molecule has 0 spiro atoms. The number of benzene rings is 1. The fourth-order valence-electron chi connectivity index (χ4n) is 3.74. The summed E-state index contributed by atoms with van der Waals surface area (Å²) < 4.78 is 55.3. The van der Waals surface area contributed by atoms with Crippen LogP contribution in [0.3, 0.4) is 0 Å². The van der Waals surface area contributed by atoms with Crippen LogP contribution in [0.4, 0.5) is 14.5 Å². The minimum Gasteiger partial charge on any atom is -0.433 e. The van der Waals surface area contributed by atoms with E-state index in [4.69, 9.17) is 0 Å². The van der Waals surface area contributed by atoms with Gasteiger partial charge in [0.25, 0.3) is 0 Å². The first-order chi connectivity index (χ1) is 14.4. The molecule has 1 atom stereocenters. The Kier molecular flexibility index (Phi) is 10.0. The molecule has 2 aliphatic rings. The van der Waals surface area contributed by atoms with Gasteiger partial charge in [-0.25, -0.2) is 12.7 Å². The van der Waals surface area contributed by atoms with Gasteiger partial charge in [0.2, 0.25) is 10.0 Å². The Morgan fingerprint density at radius 3 is 2.77 bits per heavy atom. The number of rotatable bonds is 8. The highest BCUT2D eigenvalue weighted by atomic mass is 127. The number of guanidine groups is 1. The second-order valence-corrected chi connectivity index (χ2v) is 9.34. The van der Waals surface area contributed by atoms with Crippen LogP contribution in [0.25, 0.3) is 0 Å². The van der Waals surface area contributed by atoms with Crippen molar-refractivity contribution in [1.82, 2.24) is 14.9 Å². The van der Waals surface area contributed by atoms with E-state index in [1.165, 1.54) is 4.31 Å². The number of aliphatic imine (C=N–C) groups is 1. The SMILES string of the molecule is CCNC(=NCCN1CCCS1(=O)=O)NC1CCN(c2ccccc2OC(F)F)C1.I. The van der Waals surface area contributed by atoms with Crippen LogP contribution >= 0.6 is 24.0 Å². The summed E-state index contributed by atoms with van der Waals surface area (Å²) in [6.07, 6.45) is 1.48. The summed E-state index contributed by atoms with van der Waals surface area (Å²) in [5, 5.41) is 6.54. The molecular formula is C19H30F2IN5O3S. The van der Waals surface area contributed by atoms with Crippen molar-refractivity contribution in [2.75, 3.05) is 49.9 Å². The van der Waals surface area contributed by atoms with Crippen molar-refractivity contribution < 1.29 is 21.9 Å². The number of sulfonamides is 1. The van der Waals surface area contributed by atoms with Crippen LogP contribution in [0, 0.1) is 0 Å². The Morgan fingerprint density at radius 1 is 1.32 bits per heavy atom. The molecule has 31 heavy (non-hydrogen) atoms. The van der Waals surface area contributed by atoms with Crippen LogP contribution < -0.4 is 20.3 Å². The molecular weight excluding hydrogens is 543 g/mol. The number of halogens is 3. The largest absolute Gasteiger partial charge is 0.433 e. The predicted molar refractivity (Wildman–Crippen MR) is 128 cm³/mol. The highest BCUT2D eigenvalue weighted by Crippen LogP contribution is 2.31. The molecule has 1 aromatic carbocycles. The van der Waals surface area contributed by atoms with Crippen LogP contribution in [0.1, 0.15) is 19.8 Å². The van der Waals surface area contributed by atoms with Crippen LogP contribution in [-0.4, -0.2) is 76.4 Å². The van der Waals surface area contributed by atoms with Crippen molar-refractivity contribution in [3.8, 4) is 5.75 Å². The lowest BCUT2D eigenvalue weighted by Gasteiger charge is -2.22. The molecule has 0 aromatic heterocycles. The highest BCUT2D eigenvalue weighted by molar-refractivity contribution is 14.0. The second kappa shape index (κ2) is 12.0. The van der Waals surface area contributed by atoms with E-state index in [2.05, 4.69) is 20.4 Å². The number of anilines is 1. The lowest BCUT2D eigenvalue weighted by Crippen LogP contribution is -2.45.